The average Bonchev–Trinajstić information content (AvgIpc) is 2.54. The molecular weight excluding hydrogens is 200 g/mol. The number of carbonyl (C=O) groups is 1. The fraction of sp³-hybridized carbons (Fsp3) is 0.385. The summed E-state index contributed by atoms with van der Waals surface area (Å²) in [5.74, 6) is 1.61. The van der Waals surface area contributed by atoms with Gasteiger partial charge in [0.25, 0.3) is 0 Å². The Bertz CT molecular complexity index is 552. The van der Waals surface area contributed by atoms with Crippen molar-refractivity contribution < 1.29 is 4.79 Å². The molecule has 82 valence electrons. The number of hydrogen-bond donors (Lipinski definition) is 0. The molecule has 1 fully saturated rings. The van der Waals surface area contributed by atoms with Crippen molar-refractivity contribution in [1.29, 1.82) is 0 Å². The molecule has 0 unspecified atom stereocenters. The van der Waals surface area contributed by atoms with Gasteiger partial charge in [0.2, 0.25) is 0 Å². The zero-order valence-electron chi connectivity index (χ0n) is 9.31. The van der Waals surface area contributed by atoms with Gasteiger partial charge in [0.15, 0.2) is 6.29 Å². The van der Waals surface area contributed by atoms with Gasteiger partial charge in [-0.15, -0.1) is 0 Å². The van der Waals surface area contributed by atoms with Crippen LogP contribution in [0.1, 0.15) is 47.1 Å². The van der Waals surface area contributed by atoms with E-state index in [2.05, 4.69) is 22.5 Å². The Balaban J connectivity index is 2.26. The van der Waals surface area contributed by atoms with Gasteiger partial charge in [0.1, 0.15) is 11.5 Å². The highest BCUT2D eigenvalue weighted by Crippen LogP contribution is 2.36. The van der Waals surface area contributed by atoms with Crippen LogP contribution in [0.15, 0.2) is 18.3 Å². The normalized spacial score (nSPS) is 16.3. The van der Waals surface area contributed by atoms with Crippen molar-refractivity contribution in [3.8, 4) is 0 Å². The Hall–Kier alpha value is -1.64. The smallest absolute Gasteiger partial charge is 0.170 e. The quantitative estimate of drug-likeness (QED) is 0.720. The number of aryl methyl sites for hydroxylation is 1. The summed E-state index contributed by atoms with van der Waals surface area (Å²) in [5, 5.41) is 0. The number of fused-ring (bicyclic) bond motifs is 1. The molecule has 0 bridgehead atoms. The molecule has 3 heteroatoms. The monoisotopic (exact) mass is 214 g/mol. The van der Waals surface area contributed by atoms with E-state index < -0.39 is 0 Å². The number of rotatable bonds is 2. The van der Waals surface area contributed by atoms with Crippen LogP contribution >= 0.6 is 0 Å². The standard InChI is InChI=1S/C13H14N2O/c1-9-5-6-12-11(8-16)14-13(15(12)7-9)10-3-2-4-10/h5-8,10H,2-4H2,1H3. The van der Waals surface area contributed by atoms with E-state index in [9.17, 15) is 4.79 Å². The third kappa shape index (κ3) is 1.28. The Morgan fingerprint density at radius 3 is 2.88 bits per heavy atom. The number of imidazole rings is 1. The van der Waals surface area contributed by atoms with Crippen molar-refractivity contribution >= 4 is 11.8 Å². The summed E-state index contributed by atoms with van der Waals surface area (Å²) in [6, 6.07) is 4.00. The van der Waals surface area contributed by atoms with Crippen LogP contribution in [0.2, 0.25) is 0 Å². The highest BCUT2D eigenvalue weighted by molar-refractivity contribution is 5.83. The zero-order chi connectivity index (χ0) is 11.1. The third-order valence-corrected chi connectivity index (χ3v) is 3.42. The molecule has 1 aliphatic carbocycles. The van der Waals surface area contributed by atoms with Gasteiger partial charge < -0.3 is 4.40 Å². The molecule has 3 rings (SSSR count). The van der Waals surface area contributed by atoms with Gasteiger partial charge in [-0.1, -0.05) is 12.5 Å². The minimum absolute atomic E-state index is 0.544. The lowest BCUT2D eigenvalue weighted by molar-refractivity contribution is 0.112. The van der Waals surface area contributed by atoms with Gasteiger partial charge in [-0.05, 0) is 31.4 Å². The van der Waals surface area contributed by atoms with Crippen molar-refractivity contribution in [2.75, 3.05) is 0 Å². The summed E-state index contributed by atoms with van der Waals surface area (Å²) in [6.07, 6.45) is 6.61. The molecule has 2 heterocycles. The number of pyridine rings is 1. The first-order valence-corrected chi connectivity index (χ1v) is 5.73. The van der Waals surface area contributed by atoms with Crippen LogP contribution in [0, 0.1) is 6.92 Å². The van der Waals surface area contributed by atoms with Gasteiger partial charge in [-0.2, -0.15) is 0 Å². The molecule has 1 saturated carbocycles. The van der Waals surface area contributed by atoms with Crippen LogP contribution in [0.4, 0.5) is 0 Å². The summed E-state index contributed by atoms with van der Waals surface area (Å²) < 4.78 is 2.09. The molecule has 0 aromatic carbocycles. The molecule has 2 aromatic heterocycles. The summed E-state index contributed by atoms with van der Waals surface area (Å²) >= 11 is 0. The second-order valence-electron chi connectivity index (χ2n) is 4.56. The molecule has 0 amide bonds. The minimum atomic E-state index is 0.544. The Morgan fingerprint density at radius 1 is 1.44 bits per heavy atom. The van der Waals surface area contributed by atoms with Gasteiger partial charge in [-0.25, -0.2) is 4.98 Å². The van der Waals surface area contributed by atoms with Gasteiger partial charge in [0.05, 0.1) is 5.52 Å². The number of aromatic nitrogens is 2. The third-order valence-electron chi connectivity index (χ3n) is 3.42. The molecule has 0 radical (unpaired) electrons. The fourth-order valence-corrected chi connectivity index (χ4v) is 2.28. The summed E-state index contributed by atoms with van der Waals surface area (Å²) in [5.41, 5.74) is 2.70. The SMILES string of the molecule is Cc1ccc2c(C=O)nc(C3CCC3)n2c1. The lowest BCUT2D eigenvalue weighted by Crippen LogP contribution is -2.12. The maximum Gasteiger partial charge on any atom is 0.170 e. The van der Waals surface area contributed by atoms with E-state index >= 15 is 0 Å². The molecular formula is C13H14N2O. The van der Waals surface area contributed by atoms with Crippen LogP contribution in [-0.2, 0) is 0 Å². The van der Waals surface area contributed by atoms with E-state index in [0.717, 1.165) is 17.6 Å². The molecule has 0 atom stereocenters. The number of hydrogen-bond acceptors (Lipinski definition) is 2. The minimum Gasteiger partial charge on any atom is -0.302 e. The summed E-state index contributed by atoms with van der Waals surface area (Å²) in [7, 11) is 0. The summed E-state index contributed by atoms with van der Waals surface area (Å²) in [6.45, 7) is 2.06. The Morgan fingerprint density at radius 2 is 2.25 bits per heavy atom. The van der Waals surface area contributed by atoms with Crippen LogP contribution in [0.5, 0.6) is 0 Å². The fourth-order valence-electron chi connectivity index (χ4n) is 2.28. The lowest BCUT2D eigenvalue weighted by atomic mass is 9.85. The van der Waals surface area contributed by atoms with Crippen LogP contribution < -0.4 is 0 Å². The number of aldehydes is 1. The van der Waals surface area contributed by atoms with E-state index in [1.165, 1.54) is 24.8 Å². The maximum absolute atomic E-state index is 11.0. The molecule has 2 aromatic rings. The van der Waals surface area contributed by atoms with E-state index in [-0.39, 0.29) is 0 Å². The topological polar surface area (TPSA) is 34.4 Å². The predicted molar refractivity (Wildman–Crippen MR) is 61.9 cm³/mol. The highest BCUT2D eigenvalue weighted by atomic mass is 16.1. The average molecular weight is 214 g/mol. The van der Waals surface area contributed by atoms with Crippen molar-refractivity contribution in [1.82, 2.24) is 9.38 Å². The van der Waals surface area contributed by atoms with Crippen molar-refractivity contribution in [3.63, 3.8) is 0 Å². The van der Waals surface area contributed by atoms with Gasteiger partial charge in [0, 0.05) is 12.1 Å². The van der Waals surface area contributed by atoms with Crippen molar-refractivity contribution in [3.05, 3.63) is 35.4 Å². The second kappa shape index (κ2) is 3.44. The highest BCUT2D eigenvalue weighted by Gasteiger charge is 2.25. The molecule has 3 nitrogen and oxygen atoms in total. The van der Waals surface area contributed by atoms with Gasteiger partial charge >= 0.3 is 0 Å². The largest absolute Gasteiger partial charge is 0.302 e. The second-order valence-corrected chi connectivity index (χ2v) is 4.56. The molecule has 0 saturated heterocycles. The van der Waals surface area contributed by atoms with Crippen LogP contribution in [0.25, 0.3) is 5.52 Å². The molecule has 16 heavy (non-hydrogen) atoms. The first-order valence-electron chi connectivity index (χ1n) is 5.73. The lowest BCUT2D eigenvalue weighted by Gasteiger charge is -2.24. The van der Waals surface area contributed by atoms with Gasteiger partial charge in [-0.3, -0.25) is 4.79 Å². The van der Waals surface area contributed by atoms with E-state index in [1.807, 2.05) is 12.1 Å². The number of nitrogens with zero attached hydrogens (tertiary/aromatic N) is 2. The molecule has 0 aliphatic heterocycles. The Kier molecular flexibility index (Phi) is 2.06. The predicted octanol–water partition coefficient (Wildman–Crippen LogP) is 2.72. The first kappa shape index (κ1) is 9.58. The van der Waals surface area contributed by atoms with Crippen molar-refractivity contribution in [2.24, 2.45) is 0 Å². The Labute approximate surface area is 94.1 Å². The number of carbonyl (C=O) groups excluding carboxylic acids is 1. The molecule has 0 N–H and O–H groups in total. The van der Waals surface area contributed by atoms with Crippen LogP contribution in [-0.4, -0.2) is 15.7 Å². The van der Waals surface area contributed by atoms with Crippen molar-refractivity contribution in [2.45, 2.75) is 32.1 Å². The zero-order valence-corrected chi connectivity index (χ0v) is 9.31. The maximum atomic E-state index is 11.0. The molecule has 0 spiro atoms. The van der Waals surface area contributed by atoms with E-state index in [4.69, 9.17) is 0 Å². The van der Waals surface area contributed by atoms with Crippen LogP contribution in [0.3, 0.4) is 0 Å². The molecule has 1 aliphatic rings. The summed E-state index contributed by atoms with van der Waals surface area (Å²) in [4.78, 5) is 15.4. The van der Waals surface area contributed by atoms with E-state index in [0.29, 0.717) is 11.6 Å². The van der Waals surface area contributed by atoms with E-state index in [1.54, 1.807) is 0 Å². The first-order chi connectivity index (χ1) is 7.79.